The minimum Gasteiger partial charge on any atom is -0.444 e. The van der Waals surface area contributed by atoms with Crippen LogP contribution >= 0.6 is 0 Å². The van der Waals surface area contributed by atoms with E-state index < -0.39 is 11.9 Å². The maximum atomic E-state index is 12.2. The van der Waals surface area contributed by atoms with E-state index in [1.165, 1.54) is 17.1 Å². The Kier molecular flexibility index (Phi) is 2.02. The highest BCUT2D eigenvalue weighted by Gasteiger charge is 2.34. The standard InChI is InChI=1S/C8H6F3N3O/c1-14-3-5(2-12-14)7-13-6(4-15-7)8(9,10)11/h2-4H,1H3. The van der Waals surface area contributed by atoms with E-state index in [1.54, 1.807) is 7.05 Å². The molecule has 2 heterocycles. The minimum atomic E-state index is -4.48. The smallest absolute Gasteiger partial charge is 0.436 e. The van der Waals surface area contributed by atoms with Gasteiger partial charge in [-0.1, -0.05) is 0 Å². The predicted octanol–water partition coefficient (Wildman–Crippen LogP) is 2.09. The Labute approximate surface area is 82.3 Å². The molecule has 80 valence electrons. The lowest BCUT2D eigenvalue weighted by molar-refractivity contribution is -0.141. The molecule has 0 fully saturated rings. The summed E-state index contributed by atoms with van der Waals surface area (Å²) < 4.78 is 42.7. The van der Waals surface area contributed by atoms with E-state index in [9.17, 15) is 13.2 Å². The third-order valence-electron chi connectivity index (χ3n) is 1.75. The van der Waals surface area contributed by atoms with Gasteiger partial charge >= 0.3 is 6.18 Å². The van der Waals surface area contributed by atoms with Gasteiger partial charge in [-0.3, -0.25) is 4.68 Å². The molecule has 0 aliphatic heterocycles. The summed E-state index contributed by atoms with van der Waals surface area (Å²) in [4.78, 5) is 3.32. The number of hydrogen-bond acceptors (Lipinski definition) is 3. The summed E-state index contributed by atoms with van der Waals surface area (Å²) in [6.07, 6.45) is -0.996. The van der Waals surface area contributed by atoms with Crippen LogP contribution in [0.2, 0.25) is 0 Å². The van der Waals surface area contributed by atoms with Crippen molar-refractivity contribution in [2.45, 2.75) is 6.18 Å². The van der Waals surface area contributed by atoms with Gasteiger partial charge in [-0.2, -0.15) is 18.3 Å². The first-order chi connectivity index (χ1) is 6.97. The first kappa shape index (κ1) is 9.75. The zero-order valence-electron chi connectivity index (χ0n) is 7.62. The summed E-state index contributed by atoms with van der Waals surface area (Å²) in [6.45, 7) is 0. The molecule has 2 rings (SSSR count). The Hall–Kier alpha value is -1.79. The monoisotopic (exact) mass is 217 g/mol. The van der Waals surface area contributed by atoms with Crippen LogP contribution in [-0.2, 0) is 13.2 Å². The number of hydrogen-bond donors (Lipinski definition) is 0. The maximum absolute atomic E-state index is 12.2. The Morgan fingerprint density at radius 2 is 2.13 bits per heavy atom. The second-order valence-corrected chi connectivity index (χ2v) is 2.94. The summed E-state index contributed by atoms with van der Waals surface area (Å²) >= 11 is 0. The van der Waals surface area contributed by atoms with Crippen molar-refractivity contribution in [3.8, 4) is 11.5 Å². The molecule has 0 saturated carbocycles. The van der Waals surface area contributed by atoms with Gasteiger partial charge in [0.1, 0.15) is 6.26 Å². The predicted molar refractivity (Wildman–Crippen MR) is 43.7 cm³/mol. The van der Waals surface area contributed by atoms with Gasteiger partial charge in [0.25, 0.3) is 0 Å². The van der Waals surface area contributed by atoms with Crippen LogP contribution in [0.4, 0.5) is 13.2 Å². The molecule has 2 aromatic rings. The SMILES string of the molecule is Cn1cc(-c2nc(C(F)(F)F)co2)cn1. The molecule has 0 aliphatic carbocycles. The lowest BCUT2D eigenvalue weighted by atomic mass is 10.4. The molecule has 2 aromatic heterocycles. The summed E-state index contributed by atoms with van der Waals surface area (Å²) in [5, 5.41) is 3.80. The van der Waals surface area contributed by atoms with Gasteiger partial charge in [-0.15, -0.1) is 0 Å². The molecule has 0 aliphatic rings. The molecule has 7 heteroatoms. The first-order valence-corrected chi connectivity index (χ1v) is 3.98. The van der Waals surface area contributed by atoms with Crippen molar-refractivity contribution >= 4 is 0 Å². The van der Waals surface area contributed by atoms with Gasteiger partial charge in [-0.05, 0) is 0 Å². The van der Waals surface area contributed by atoms with Crippen molar-refractivity contribution in [3.05, 3.63) is 24.4 Å². The molecule has 15 heavy (non-hydrogen) atoms. The fourth-order valence-corrected chi connectivity index (χ4v) is 1.07. The number of nitrogens with zero attached hydrogens (tertiary/aromatic N) is 3. The number of aromatic nitrogens is 3. The number of rotatable bonds is 1. The molecule has 0 bridgehead atoms. The largest absolute Gasteiger partial charge is 0.444 e. The fraction of sp³-hybridized carbons (Fsp3) is 0.250. The Bertz CT molecular complexity index is 471. The highest BCUT2D eigenvalue weighted by Crippen LogP contribution is 2.30. The average Bonchev–Trinajstić information content (AvgIpc) is 2.69. The van der Waals surface area contributed by atoms with Gasteiger partial charge in [-0.25, -0.2) is 4.98 Å². The van der Waals surface area contributed by atoms with Gasteiger partial charge in [0.05, 0.1) is 11.8 Å². The lowest BCUT2D eigenvalue weighted by Crippen LogP contribution is -2.04. The molecule has 0 amide bonds. The summed E-state index contributed by atoms with van der Waals surface area (Å²) in [5.74, 6) is -0.0876. The molecule has 4 nitrogen and oxygen atoms in total. The van der Waals surface area contributed by atoms with Gasteiger partial charge in [0.2, 0.25) is 5.89 Å². The van der Waals surface area contributed by atoms with E-state index in [2.05, 4.69) is 10.1 Å². The summed E-state index contributed by atoms with van der Waals surface area (Å²) in [6, 6.07) is 0. The number of alkyl halides is 3. The number of oxazole rings is 1. The molecule has 0 spiro atoms. The van der Waals surface area contributed by atoms with E-state index in [4.69, 9.17) is 4.42 Å². The van der Waals surface area contributed by atoms with Crippen LogP contribution in [0, 0.1) is 0 Å². The average molecular weight is 217 g/mol. The number of aryl methyl sites for hydroxylation is 1. The van der Waals surface area contributed by atoms with Crippen LogP contribution in [0.1, 0.15) is 5.69 Å². The molecule has 0 unspecified atom stereocenters. The van der Waals surface area contributed by atoms with Gasteiger partial charge in [0.15, 0.2) is 5.69 Å². The van der Waals surface area contributed by atoms with Crippen molar-refractivity contribution in [2.24, 2.45) is 7.05 Å². The van der Waals surface area contributed by atoms with Crippen LogP contribution in [0.3, 0.4) is 0 Å². The summed E-state index contributed by atoms with van der Waals surface area (Å²) in [7, 11) is 1.65. The van der Waals surface area contributed by atoms with Crippen LogP contribution < -0.4 is 0 Å². The first-order valence-electron chi connectivity index (χ1n) is 3.98. The van der Waals surface area contributed by atoms with Crippen molar-refractivity contribution in [1.82, 2.24) is 14.8 Å². The fourth-order valence-electron chi connectivity index (χ4n) is 1.07. The molecule has 0 N–H and O–H groups in total. The molecule has 0 radical (unpaired) electrons. The van der Waals surface area contributed by atoms with Crippen LogP contribution in [0.5, 0.6) is 0 Å². The lowest BCUT2D eigenvalue weighted by Gasteiger charge is -1.97. The summed E-state index contributed by atoms with van der Waals surface area (Å²) in [5.41, 5.74) is -0.630. The quantitative estimate of drug-likeness (QED) is 0.734. The van der Waals surface area contributed by atoms with Crippen molar-refractivity contribution in [1.29, 1.82) is 0 Å². The Balaban J connectivity index is 2.36. The zero-order chi connectivity index (χ0) is 11.1. The molecular formula is C8H6F3N3O. The van der Waals surface area contributed by atoms with E-state index in [1.807, 2.05) is 0 Å². The Morgan fingerprint density at radius 1 is 1.40 bits per heavy atom. The van der Waals surface area contributed by atoms with Crippen LogP contribution in [0.25, 0.3) is 11.5 Å². The molecule has 0 atom stereocenters. The van der Waals surface area contributed by atoms with E-state index in [-0.39, 0.29) is 5.89 Å². The van der Waals surface area contributed by atoms with E-state index in [0.29, 0.717) is 11.8 Å². The second kappa shape index (κ2) is 3.11. The van der Waals surface area contributed by atoms with Gasteiger partial charge in [0, 0.05) is 13.2 Å². The number of halogens is 3. The molecule has 0 saturated heterocycles. The van der Waals surface area contributed by atoms with Crippen molar-refractivity contribution in [2.75, 3.05) is 0 Å². The highest BCUT2D eigenvalue weighted by molar-refractivity contribution is 5.50. The molecular weight excluding hydrogens is 211 g/mol. The van der Waals surface area contributed by atoms with Crippen LogP contribution in [-0.4, -0.2) is 14.8 Å². The van der Waals surface area contributed by atoms with E-state index in [0.717, 1.165) is 0 Å². The van der Waals surface area contributed by atoms with Crippen molar-refractivity contribution < 1.29 is 17.6 Å². The topological polar surface area (TPSA) is 43.9 Å². The Morgan fingerprint density at radius 3 is 2.60 bits per heavy atom. The minimum absolute atomic E-state index is 0.0876. The van der Waals surface area contributed by atoms with Gasteiger partial charge < -0.3 is 4.42 Å². The van der Waals surface area contributed by atoms with Crippen LogP contribution in [0.15, 0.2) is 23.1 Å². The maximum Gasteiger partial charge on any atom is 0.436 e. The normalized spacial score (nSPS) is 12.0. The second-order valence-electron chi connectivity index (χ2n) is 2.94. The molecule has 0 aromatic carbocycles. The third kappa shape index (κ3) is 1.85. The zero-order valence-corrected chi connectivity index (χ0v) is 7.62. The van der Waals surface area contributed by atoms with E-state index >= 15 is 0 Å². The van der Waals surface area contributed by atoms with Crippen molar-refractivity contribution in [3.63, 3.8) is 0 Å². The third-order valence-corrected chi connectivity index (χ3v) is 1.75. The highest BCUT2D eigenvalue weighted by atomic mass is 19.4.